The van der Waals surface area contributed by atoms with E-state index in [0.717, 1.165) is 48.5 Å². The summed E-state index contributed by atoms with van der Waals surface area (Å²) in [5, 5.41) is -1.09. The van der Waals surface area contributed by atoms with Gasteiger partial charge in [0, 0.05) is 48.5 Å². The van der Waals surface area contributed by atoms with E-state index in [9.17, 15) is 33.6 Å². The van der Waals surface area contributed by atoms with Crippen LogP contribution in [0.25, 0.3) is 0 Å². The quantitative estimate of drug-likeness (QED) is 0.158. The predicted molar refractivity (Wildman–Crippen MR) is 142 cm³/mol. The highest BCUT2D eigenvalue weighted by molar-refractivity contribution is 9.09. The van der Waals surface area contributed by atoms with Crippen molar-refractivity contribution < 1.29 is 80.9 Å². The number of ether oxygens (including phenoxy) is 10. The van der Waals surface area contributed by atoms with E-state index >= 15 is 0 Å². The Bertz CT molecular complexity index is 1090. The van der Waals surface area contributed by atoms with Crippen LogP contribution in [0.5, 0.6) is 0 Å². The van der Waals surface area contributed by atoms with Crippen molar-refractivity contribution in [2.24, 2.45) is 0 Å². The van der Waals surface area contributed by atoms with E-state index in [1.807, 2.05) is 0 Å². The van der Waals surface area contributed by atoms with Crippen LogP contribution in [0.4, 0.5) is 0 Å². The van der Waals surface area contributed by atoms with Crippen molar-refractivity contribution in [1.82, 2.24) is 0 Å². The van der Waals surface area contributed by atoms with Crippen molar-refractivity contribution in [1.29, 1.82) is 0 Å². The molecule has 0 aromatic heterocycles. The third kappa shape index (κ3) is 11.0. The van der Waals surface area contributed by atoms with Crippen molar-refractivity contribution in [2.75, 3.05) is 13.2 Å². The van der Waals surface area contributed by atoms with Crippen molar-refractivity contribution >= 4 is 57.7 Å². The molecule has 44 heavy (non-hydrogen) atoms. The van der Waals surface area contributed by atoms with Crippen LogP contribution >= 0.6 is 15.9 Å². The number of hydrogen-bond acceptors (Lipinski definition) is 17. The predicted octanol–water partition coefficient (Wildman–Crippen LogP) is 0.00100. The lowest BCUT2D eigenvalue weighted by molar-refractivity contribution is -0.341. The molecule has 0 amide bonds. The summed E-state index contributed by atoms with van der Waals surface area (Å²) >= 11 is 3.23. The summed E-state index contributed by atoms with van der Waals surface area (Å²) in [6.07, 6.45) is -13.2. The number of esters is 7. The van der Waals surface area contributed by atoms with E-state index in [4.69, 9.17) is 47.4 Å². The van der Waals surface area contributed by atoms with Crippen molar-refractivity contribution in [3.8, 4) is 0 Å². The number of hydrogen-bond donors (Lipinski definition) is 0. The van der Waals surface area contributed by atoms with Crippen LogP contribution in [-0.4, -0.2) is 115 Å². The summed E-state index contributed by atoms with van der Waals surface area (Å²) in [7, 11) is 0. The standard InChI is InChI=1S/C26H35BrO17/c1-10(28)35-8-17-20(21(38-13(4)31)23(25(27)42-17)40-15(6)33)44-26-24(41-16(7)34)22(39-14(5)32)19(37-12(3)30)18(43-26)9-36-11(2)29/h17-26H,8-9H2,1-7H3/t17?,18?,19-,20+,21?,22?,23?,24?,25-,26-/m0/s1. The lowest BCUT2D eigenvalue weighted by Gasteiger charge is -2.48. The Hall–Kier alpha value is -3.35. The zero-order valence-corrected chi connectivity index (χ0v) is 26.6. The summed E-state index contributed by atoms with van der Waals surface area (Å²) in [6.45, 7) is 6.57. The first kappa shape index (κ1) is 36.8. The monoisotopic (exact) mass is 698 g/mol. The van der Waals surface area contributed by atoms with E-state index in [1.165, 1.54) is 0 Å². The highest BCUT2D eigenvalue weighted by Gasteiger charge is 2.57. The molecular weight excluding hydrogens is 664 g/mol. The smallest absolute Gasteiger partial charge is 0.303 e. The third-order valence-corrected chi connectivity index (χ3v) is 6.61. The van der Waals surface area contributed by atoms with Gasteiger partial charge in [0.05, 0.1) is 0 Å². The normalized spacial score (nSPS) is 31.5. The Morgan fingerprint density at radius 1 is 0.477 bits per heavy atom. The molecule has 10 atom stereocenters. The first-order chi connectivity index (χ1) is 20.5. The second-order valence-corrected chi connectivity index (χ2v) is 10.5. The molecule has 2 aliphatic rings. The van der Waals surface area contributed by atoms with Crippen LogP contribution in [0.2, 0.25) is 0 Å². The first-order valence-corrected chi connectivity index (χ1v) is 14.1. The molecule has 0 aliphatic carbocycles. The number of carbonyl (C=O) groups excluding carboxylic acids is 7. The van der Waals surface area contributed by atoms with E-state index in [0.29, 0.717) is 0 Å². The summed E-state index contributed by atoms with van der Waals surface area (Å²) in [5.74, 6) is -5.63. The molecule has 0 spiro atoms. The molecule has 0 bridgehead atoms. The second-order valence-electron chi connectivity index (χ2n) is 9.64. The van der Waals surface area contributed by atoms with Crippen LogP contribution in [0.1, 0.15) is 48.5 Å². The molecule has 0 aromatic rings. The number of carbonyl (C=O) groups is 7. The van der Waals surface area contributed by atoms with Crippen molar-refractivity contribution in [2.45, 2.75) is 109 Å². The van der Waals surface area contributed by atoms with Crippen LogP contribution in [-0.2, 0) is 80.9 Å². The minimum absolute atomic E-state index is 0.460. The highest BCUT2D eigenvalue weighted by Crippen LogP contribution is 2.36. The molecule has 0 radical (unpaired) electrons. The molecule has 17 nitrogen and oxygen atoms in total. The van der Waals surface area contributed by atoms with Gasteiger partial charge < -0.3 is 47.4 Å². The van der Waals surface area contributed by atoms with Crippen LogP contribution in [0, 0.1) is 0 Å². The molecule has 2 aliphatic heterocycles. The summed E-state index contributed by atoms with van der Waals surface area (Å²) in [5.41, 5.74) is 0. The number of halogens is 1. The van der Waals surface area contributed by atoms with E-state index in [2.05, 4.69) is 15.9 Å². The van der Waals surface area contributed by atoms with Gasteiger partial charge >= 0.3 is 41.8 Å². The van der Waals surface area contributed by atoms with Gasteiger partial charge in [-0.15, -0.1) is 0 Å². The number of alkyl halides is 1. The van der Waals surface area contributed by atoms with Crippen molar-refractivity contribution in [3.63, 3.8) is 0 Å². The average molecular weight is 699 g/mol. The first-order valence-electron chi connectivity index (χ1n) is 13.2. The molecule has 2 fully saturated rings. The Kier molecular flexibility index (Phi) is 13.9. The number of rotatable bonds is 11. The lowest BCUT2D eigenvalue weighted by Crippen LogP contribution is -2.66. The molecular formula is C26H35BrO17. The fourth-order valence-electron chi connectivity index (χ4n) is 4.46. The second kappa shape index (κ2) is 16.6. The van der Waals surface area contributed by atoms with Gasteiger partial charge in [-0.1, -0.05) is 15.9 Å². The van der Waals surface area contributed by atoms with Gasteiger partial charge in [0.1, 0.15) is 31.5 Å². The van der Waals surface area contributed by atoms with E-state index in [1.54, 1.807) is 0 Å². The van der Waals surface area contributed by atoms with Crippen LogP contribution in [0.3, 0.4) is 0 Å². The average Bonchev–Trinajstić information content (AvgIpc) is 2.87. The van der Waals surface area contributed by atoms with Gasteiger partial charge in [-0.2, -0.15) is 0 Å². The van der Waals surface area contributed by atoms with Gasteiger partial charge in [-0.3, -0.25) is 33.6 Å². The molecule has 248 valence electrons. The van der Waals surface area contributed by atoms with Gasteiger partial charge in [0.25, 0.3) is 0 Å². The molecule has 2 rings (SSSR count). The minimum Gasteiger partial charge on any atom is -0.463 e. The topological polar surface area (TPSA) is 212 Å². The molecule has 0 N–H and O–H groups in total. The SMILES string of the molecule is CC(=O)OCC1O[C@H](Br)C(OC(C)=O)C(OC(C)=O)[C@@H]1O[C@@H]1OC(COC(C)=O)[C@H](OC(C)=O)C(OC(C)=O)C1OC(C)=O. The summed E-state index contributed by atoms with van der Waals surface area (Å²) in [4.78, 5) is 83.8. The van der Waals surface area contributed by atoms with Crippen molar-refractivity contribution in [3.05, 3.63) is 0 Å². The molecule has 0 aromatic carbocycles. The molecule has 0 saturated carbocycles. The van der Waals surface area contributed by atoms with E-state index in [-0.39, 0.29) is 0 Å². The maximum Gasteiger partial charge on any atom is 0.303 e. The summed E-state index contributed by atoms with van der Waals surface area (Å²) in [6, 6.07) is 0. The van der Waals surface area contributed by atoms with Crippen LogP contribution in [0.15, 0.2) is 0 Å². The van der Waals surface area contributed by atoms with Gasteiger partial charge in [0.15, 0.2) is 41.8 Å². The Morgan fingerprint density at radius 3 is 1.27 bits per heavy atom. The highest BCUT2D eigenvalue weighted by atomic mass is 79.9. The van der Waals surface area contributed by atoms with E-state index < -0.39 is 115 Å². The molecule has 2 heterocycles. The van der Waals surface area contributed by atoms with Gasteiger partial charge in [-0.05, 0) is 0 Å². The Labute approximate surface area is 260 Å². The van der Waals surface area contributed by atoms with Gasteiger partial charge in [0.2, 0.25) is 0 Å². The van der Waals surface area contributed by atoms with Gasteiger partial charge in [-0.25, -0.2) is 0 Å². The minimum atomic E-state index is -1.73. The third-order valence-electron chi connectivity index (χ3n) is 5.87. The Balaban J connectivity index is 2.66. The molecule has 2 saturated heterocycles. The maximum atomic E-state index is 12.2. The zero-order chi connectivity index (χ0) is 33.3. The fraction of sp³-hybridized carbons (Fsp3) is 0.731. The maximum absolute atomic E-state index is 12.2. The van der Waals surface area contributed by atoms with Crippen LogP contribution < -0.4 is 0 Å². The lowest BCUT2D eigenvalue weighted by atomic mass is 9.96. The molecule has 6 unspecified atom stereocenters. The molecule has 18 heteroatoms. The Morgan fingerprint density at radius 2 is 0.841 bits per heavy atom. The summed E-state index contributed by atoms with van der Waals surface area (Å²) < 4.78 is 55.2. The fourth-order valence-corrected chi connectivity index (χ4v) is 5.15. The largest absolute Gasteiger partial charge is 0.463 e. The zero-order valence-electron chi connectivity index (χ0n) is 25.0.